The van der Waals surface area contributed by atoms with Crippen LogP contribution < -0.4 is 14.8 Å². The van der Waals surface area contributed by atoms with Crippen LogP contribution in [0.4, 0.5) is 5.69 Å². The van der Waals surface area contributed by atoms with Crippen molar-refractivity contribution in [3.63, 3.8) is 0 Å². The van der Waals surface area contributed by atoms with E-state index in [1.54, 1.807) is 42.6 Å². The van der Waals surface area contributed by atoms with Gasteiger partial charge in [0.05, 0.1) is 24.7 Å². The summed E-state index contributed by atoms with van der Waals surface area (Å²) in [5.74, 6) is 0.938. The molecule has 0 fully saturated rings. The van der Waals surface area contributed by atoms with Gasteiger partial charge in [-0.15, -0.1) is 0 Å². The second-order valence-corrected chi connectivity index (χ2v) is 8.59. The number of aromatic nitrogens is 1. The number of methoxy groups -OCH3 is 1. The van der Waals surface area contributed by atoms with Crippen LogP contribution in [0, 0.1) is 0 Å². The molecule has 168 valence electrons. The molecule has 1 N–H and O–H groups in total. The predicted octanol–water partition coefficient (Wildman–Crippen LogP) is 5.53. The highest BCUT2D eigenvalue weighted by molar-refractivity contribution is 6.31. The summed E-state index contributed by atoms with van der Waals surface area (Å²) in [5.41, 5.74) is 1.23. The molecule has 0 atom stereocenters. The van der Waals surface area contributed by atoms with Crippen LogP contribution in [0.1, 0.15) is 33.3 Å². The van der Waals surface area contributed by atoms with E-state index in [0.717, 1.165) is 0 Å². The third-order valence-corrected chi connectivity index (χ3v) is 4.69. The average molecular weight is 457 g/mol. The Kier molecular flexibility index (Phi) is 6.89. The van der Waals surface area contributed by atoms with E-state index < -0.39 is 5.60 Å². The van der Waals surface area contributed by atoms with Crippen molar-refractivity contribution in [2.75, 3.05) is 12.4 Å². The Morgan fingerprint density at radius 1 is 1.09 bits per heavy atom. The molecule has 0 spiro atoms. The molecule has 3 rings (SSSR count). The summed E-state index contributed by atoms with van der Waals surface area (Å²) < 4.78 is 16.8. The van der Waals surface area contributed by atoms with Gasteiger partial charge in [0.2, 0.25) is 5.91 Å². The van der Waals surface area contributed by atoms with Gasteiger partial charge in [-0.1, -0.05) is 17.7 Å². The SMILES string of the molecule is COc1cc2nccc(Oc3ccc(CC(=O)OC(C)(C)C)c(Cl)c3)c2cc1NC(C)=O. The summed E-state index contributed by atoms with van der Waals surface area (Å²) in [6, 6.07) is 10.3. The van der Waals surface area contributed by atoms with Gasteiger partial charge in [0.25, 0.3) is 0 Å². The van der Waals surface area contributed by atoms with Gasteiger partial charge in [-0.05, 0) is 50.6 Å². The van der Waals surface area contributed by atoms with Crippen molar-refractivity contribution in [1.29, 1.82) is 0 Å². The summed E-state index contributed by atoms with van der Waals surface area (Å²) in [6.07, 6.45) is 1.68. The zero-order valence-electron chi connectivity index (χ0n) is 18.6. The van der Waals surface area contributed by atoms with Gasteiger partial charge in [-0.3, -0.25) is 14.6 Å². The molecule has 3 aromatic rings. The molecule has 7 nitrogen and oxygen atoms in total. The molecule has 0 aliphatic heterocycles. The fourth-order valence-electron chi connectivity index (χ4n) is 3.09. The second kappa shape index (κ2) is 9.44. The molecule has 32 heavy (non-hydrogen) atoms. The minimum atomic E-state index is -0.562. The van der Waals surface area contributed by atoms with Crippen LogP contribution in [-0.2, 0) is 20.7 Å². The molecule has 0 aliphatic rings. The van der Waals surface area contributed by atoms with Crippen molar-refractivity contribution < 1.29 is 23.8 Å². The third-order valence-electron chi connectivity index (χ3n) is 4.34. The number of rotatable bonds is 6. The predicted molar refractivity (Wildman–Crippen MR) is 124 cm³/mol. The molecule has 0 saturated carbocycles. The maximum atomic E-state index is 12.1. The van der Waals surface area contributed by atoms with E-state index in [2.05, 4.69) is 10.3 Å². The van der Waals surface area contributed by atoms with Crippen molar-refractivity contribution in [2.24, 2.45) is 0 Å². The fourth-order valence-corrected chi connectivity index (χ4v) is 3.33. The first-order valence-electron chi connectivity index (χ1n) is 9.98. The lowest BCUT2D eigenvalue weighted by Crippen LogP contribution is -2.24. The van der Waals surface area contributed by atoms with Crippen LogP contribution in [0.15, 0.2) is 42.6 Å². The summed E-state index contributed by atoms with van der Waals surface area (Å²) in [4.78, 5) is 28.0. The molecular weight excluding hydrogens is 432 g/mol. The van der Waals surface area contributed by atoms with E-state index in [1.165, 1.54) is 14.0 Å². The van der Waals surface area contributed by atoms with E-state index in [4.69, 9.17) is 25.8 Å². The largest absolute Gasteiger partial charge is 0.494 e. The minimum Gasteiger partial charge on any atom is -0.494 e. The number of anilines is 1. The normalized spacial score (nSPS) is 11.2. The van der Waals surface area contributed by atoms with Crippen molar-refractivity contribution in [3.05, 3.63) is 53.2 Å². The van der Waals surface area contributed by atoms with Gasteiger partial charge in [-0.2, -0.15) is 0 Å². The first kappa shape index (κ1) is 23.3. The lowest BCUT2D eigenvalue weighted by atomic mass is 10.1. The number of pyridine rings is 1. The number of hydrogen-bond acceptors (Lipinski definition) is 6. The number of esters is 1. The van der Waals surface area contributed by atoms with Gasteiger partial charge in [0.1, 0.15) is 22.8 Å². The average Bonchev–Trinajstić information content (AvgIpc) is 2.68. The first-order valence-corrected chi connectivity index (χ1v) is 10.4. The highest BCUT2D eigenvalue weighted by atomic mass is 35.5. The van der Waals surface area contributed by atoms with Crippen LogP contribution >= 0.6 is 11.6 Å². The number of hydrogen-bond donors (Lipinski definition) is 1. The number of amides is 1. The molecule has 0 aliphatic carbocycles. The summed E-state index contributed by atoms with van der Waals surface area (Å²) in [7, 11) is 1.52. The van der Waals surface area contributed by atoms with Gasteiger partial charge in [0, 0.05) is 29.6 Å². The van der Waals surface area contributed by atoms with E-state index in [-0.39, 0.29) is 18.3 Å². The number of ether oxygens (including phenoxy) is 3. The van der Waals surface area contributed by atoms with Crippen molar-refractivity contribution >= 4 is 40.1 Å². The zero-order chi connectivity index (χ0) is 23.5. The molecule has 0 unspecified atom stereocenters. The number of halogens is 1. The molecule has 0 radical (unpaired) electrons. The van der Waals surface area contributed by atoms with E-state index in [9.17, 15) is 9.59 Å². The number of nitrogens with zero attached hydrogens (tertiary/aromatic N) is 1. The van der Waals surface area contributed by atoms with Crippen LogP contribution in [0.25, 0.3) is 10.9 Å². The zero-order valence-corrected chi connectivity index (χ0v) is 19.4. The molecule has 0 bridgehead atoms. The van der Waals surface area contributed by atoms with Crippen molar-refractivity contribution in [2.45, 2.75) is 39.7 Å². The molecule has 2 aromatic carbocycles. The minimum absolute atomic E-state index is 0.0639. The second-order valence-electron chi connectivity index (χ2n) is 8.18. The molecule has 1 amide bonds. The Balaban J connectivity index is 1.88. The molecule has 1 aromatic heterocycles. The van der Waals surface area contributed by atoms with Gasteiger partial charge >= 0.3 is 5.97 Å². The maximum Gasteiger partial charge on any atom is 0.310 e. The third kappa shape index (κ3) is 5.88. The van der Waals surface area contributed by atoms with Crippen LogP contribution in [0.3, 0.4) is 0 Å². The van der Waals surface area contributed by atoms with E-state index in [1.807, 2.05) is 20.8 Å². The van der Waals surface area contributed by atoms with Crippen LogP contribution in [-0.4, -0.2) is 29.6 Å². The lowest BCUT2D eigenvalue weighted by molar-refractivity contribution is -0.153. The van der Waals surface area contributed by atoms with E-state index >= 15 is 0 Å². The maximum absolute atomic E-state index is 12.1. The number of nitrogens with one attached hydrogen (secondary N) is 1. The first-order chi connectivity index (χ1) is 15.1. The van der Waals surface area contributed by atoms with Crippen LogP contribution in [0.2, 0.25) is 5.02 Å². The Bertz CT molecular complexity index is 1170. The quantitative estimate of drug-likeness (QED) is 0.490. The topological polar surface area (TPSA) is 86.8 Å². The van der Waals surface area contributed by atoms with Gasteiger partial charge in [-0.25, -0.2) is 0 Å². The smallest absolute Gasteiger partial charge is 0.310 e. The fraction of sp³-hybridized carbons (Fsp3) is 0.292. The molecule has 1 heterocycles. The van der Waals surface area contributed by atoms with Gasteiger partial charge < -0.3 is 19.5 Å². The van der Waals surface area contributed by atoms with Crippen LogP contribution in [0.5, 0.6) is 17.2 Å². The number of carbonyl (C=O) groups is 2. The number of carbonyl (C=O) groups excluding carboxylic acids is 2. The summed E-state index contributed by atoms with van der Waals surface area (Å²) >= 11 is 6.39. The molecule has 8 heteroatoms. The standard InChI is InChI=1S/C24H25ClN2O5/c1-14(28)27-20-12-17-19(13-22(20)30-5)26-9-8-21(17)31-16-7-6-15(18(25)11-16)10-23(29)32-24(2,3)4/h6-9,11-13H,10H2,1-5H3,(H,27,28). The summed E-state index contributed by atoms with van der Waals surface area (Å²) in [5, 5.41) is 3.83. The molecule has 0 saturated heterocycles. The Labute approximate surface area is 191 Å². The highest BCUT2D eigenvalue weighted by Gasteiger charge is 2.18. The Morgan fingerprint density at radius 3 is 2.47 bits per heavy atom. The monoisotopic (exact) mass is 456 g/mol. The van der Waals surface area contributed by atoms with E-state index in [0.29, 0.717) is 44.4 Å². The Hall–Kier alpha value is -3.32. The lowest BCUT2D eigenvalue weighted by Gasteiger charge is -2.19. The summed E-state index contributed by atoms with van der Waals surface area (Å²) in [6.45, 7) is 6.87. The highest BCUT2D eigenvalue weighted by Crippen LogP contribution is 2.36. The number of fused-ring (bicyclic) bond motifs is 1. The van der Waals surface area contributed by atoms with Gasteiger partial charge in [0.15, 0.2) is 0 Å². The molecular formula is C24H25ClN2O5. The van der Waals surface area contributed by atoms with Crippen molar-refractivity contribution in [3.8, 4) is 17.2 Å². The Morgan fingerprint density at radius 2 is 1.84 bits per heavy atom. The number of benzene rings is 2. The van der Waals surface area contributed by atoms with Crippen molar-refractivity contribution in [1.82, 2.24) is 4.98 Å².